The maximum Gasteiger partial charge on any atom is 0.171 e. The molecule has 3 aromatic carbocycles. The molecule has 8 heteroatoms. The van der Waals surface area contributed by atoms with Gasteiger partial charge < -0.3 is 29.6 Å². The van der Waals surface area contributed by atoms with Crippen molar-refractivity contribution < 1.29 is 18.9 Å². The summed E-state index contributed by atoms with van der Waals surface area (Å²) < 4.78 is 22.5. The van der Waals surface area contributed by atoms with Crippen LogP contribution in [-0.2, 0) is 6.54 Å². The minimum absolute atomic E-state index is 0.201. The minimum atomic E-state index is -0.201. The quantitative estimate of drug-likeness (QED) is 0.381. The maximum absolute atomic E-state index is 5.77. The molecular weight excluding hydrogens is 510 g/mol. The van der Waals surface area contributed by atoms with Gasteiger partial charge in [-0.05, 0) is 71.4 Å². The van der Waals surface area contributed by atoms with Gasteiger partial charge in [-0.3, -0.25) is 4.90 Å². The van der Waals surface area contributed by atoms with Crippen LogP contribution in [0.4, 0.5) is 0 Å². The largest absolute Gasteiger partial charge is 0.497 e. The first kappa shape index (κ1) is 26.6. The topological polar surface area (TPSA) is 64.2 Å². The summed E-state index contributed by atoms with van der Waals surface area (Å²) in [6.45, 7) is 2.27. The van der Waals surface area contributed by atoms with Gasteiger partial charge in [0.25, 0.3) is 0 Å². The standard InChI is InChI=1S/C31H33N3O4S/c1-35-23-10-12-27(37-3)21(15-23)14-22-18-34(17-20-8-6-5-7-9-20)19-26-29(22)32-31(39)33-30(26)25-16-24(36-2)11-13-28(25)38-4/h5-16,30H,17-19H2,1-4H3,(H2,32,33,39)/b22-14+. The second kappa shape index (κ2) is 11.8. The Labute approximate surface area is 235 Å². The van der Waals surface area contributed by atoms with Crippen LogP contribution in [-0.4, -0.2) is 51.5 Å². The van der Waals surface area contributed by atoms with Crippen LogP contribution in [0, 0.1) is 0 Å². The minimum Gasteiger partial charge on any atom is -0.497 e. The predicted octanol–water partition coefficient (Wildman–Crippen LogP) is 5.09. The van der Waals surface area contributed by atoms with Crippen molar-refractivity contribution in [2.45, 2.75) is 12.6 Å². The number of thiocarbonyl (C=S) groups is 1. The summed E-state index contributed by atoms with van der Waals surface area (Å²) >= 11 is 5.72. The Morgan fingerprint density at radius 3 is 2.23 bits per heavy atom. The number of ether oxygens (including phenoxy) is 4. The number of nitrogens with zero attached hydrogens (tertiary/aromatic N) is 1. The van der Waals surface area contributed by atoms with E-state index in [1.165, 1.54) is 11.1 Å². The molecule has 0 amide bonds. The van der Waals surface area contributed by atoms with Crippen molar-refractivity contribution in [1.29, 1.82) is 0 Å². The Morgan fingerprint density at radius 2 is 1.54 bits per heavy atom. The first-order valence-electron chi connectivity index (χ1n) is 12.7. The van der Waals surface area contributed by atoms with E-state index in [2.05, 4.69) is 45.9 Å². The van der Waals surface area contributed by atoms with E-state index in [1.807, 2.05) is 42.5 Å². The predicted molar refractivity (Wildman–Crippen MR) is 157 cm³/mol. The zero-order valence-electron chi connectivity index (χ0n) is 22.6. The monoisotopic (exact) mass is 543 g/mol. The molecule has 0 fully saturated rings. The number of hydrogen-bond donors (Lipinski definition) is 2. The van der Waals surface area contributed by atoms with Crippen LogP contribution >= 0.6 is 12.2 Å². The zero-order valence-corrected chi connectivity index (χ0v) is 23.4. The second-order valence-electron chi connectivity index (χ2n) is 9.45. The van der Waals surface area contributed by atoms with Gasteiger partial charge in [-0.1, -0.05) is 30.3 Å². The van der Waals surface area contributed by atoms with E-state index in [-0.39, 0.29) is 6.04 Å². The van der Waals surface area contributed by atoms with Crippen LogP contribution < -0.4 is 29.6 Å². The van der Waals surface area contributed by atoms with Crippen molar-refractivity contribution >= 4 is 23.4 Å². The Bertz CT molecular complexity index is 1420. The maximum atomic E-state index is 5.77. The lowest BCUT2D eigenvalue weighted by Gasteiger charge is -2.40. The van der Waals surface area contributed by atoms with Crippen molar-refractivity contribution in [3.05, 3.63) is 100 Å². The molecule has 0 spiro atoms. The Hall–Kier alpha value is -4.01. The van der Waals surface area contributed by atoms with Gasteiger partial charge in [0, 0.05) is 36.5 Å². The smallest absolute Gasteiger partial charge is 0.171 e. The highest BCUT2D eigenvalue weighted by Crippen LogP contribution is 2.40. The summed E-state index contributed by atoms with van der Waals surface area (Å²) in [6.07, 6.45) is 2.16. The summed E-state index contributed by atoms with van der Waals surface area (Å²) in [7, 11) is 6.70. The van der Waals surface area contributed by atoms with Crippen molar-refractivity contribution in [2.75, 3.05) is 41.5 Å². The lowest BCUT2D eigenvalue weighted by molar-refractivity contribution is 0.291. The average Bonchev–Trinajstić information content (AvgIpc) is 2.97. The van der Waals surface area contributed by atoms with Gasteiger partial charge in [-0.25, -0.2) is 0 Å². The summed E-state index contributed by atoms with van der Waals surface area (Å²) in [6, 6.07) is 22.0. The molecule has 7 nitrogen and oxygen atoms in total. The van der Waals surface area contributed by atoms with E-state index >= 15 is 0 Å². The van der Waals surface area contributed by atoms with E-state index in [9.17, 15) is 0 Å². The van der Waals surface area contributed by atoms with E-state index in [0.717, 1.165) is 65.0 Å². The van der Waals surface area contributed by atoms with Crippen LogP contribution in [0.3, 0.4) is 0 Å². The average molecular weight is 544 g/mol. The molecule has 0 saturated heterocycles. The van der Waals surface area contributed by atoms with Gasteiger partial charge in [0.05, 0.1) is 34.5 Å². The highest BCUT2D eigenvalue weighted by Gasteiger charge is 2.35. The zero-order chi connectivity index (χ0) is 27.4. The van der Waals surface area contributed by atoms with Crippen LogP contribution in [0.1, 0.15) is 22.7 Å². The fourth-order valence-electron chi connectivity index (χ4n) is 5.21. The molecule has 202 valence electrons. The van der Waals surface area contributed by atoms with Gasteiger partial charge in [-0.15, -0.1) is 0 Å². The van der Waals surface area contributed by atoms with E-state index in [4.69, 9.17) is 31.2 Å². The third-order valence-electron chi connectivity index (χ3n) is 7.06. The van der Waals surface area contributed by atoms with E-state index in [0.29, 0.717) is 5.11 Å². The highest BCUT2D eigenvalue weighted by atomic mass is 32.1. The van der Waals surface area contributed by atoms with E-state index < -0.39 is 0 Å². The number of rotatable bonds is 8. The normalized spacial score (nSPS) is 18.2. The molecule has 1 atom stereocenters. The molecule has 3 aromatic rings. The molecule has 0 aliphatic carbocycles. The molecule has 2 N–H and O–H groups in total. The summed E-state index contributed by atoms with van der Waals surface area (Å²) in [5.41, 5.74) is 6.44. The van der Waals surface area contributed by atoms with Crippen LogP contribution in [0.25, 0.3) is 6.08 Å². The van der Waals surface area contributed by atoms with Crippen molar-refractivity contribution in [3.63, 3.8) is 0 Å². The van der Waals surface area contributed by atoms with Gasteiger partial charge in [0.1, 0.15) is 23.0 Å². The molecule has 2 heterocycles. The van der Waals surface area contributed by atoms with E-state index in [1.54, 1.807) is 28.4 Å². The van der Waals surface area contributed by atoms with Crippen LogP contribution in [0.15, 0.2) is 83.6 Å². The van der Waals surface area contributed by atoms with Crippen LogP contribution in [0.2, 0.25) is 0 Å². The number of hydrogen-bond acceptors (Lipinski definition) is 6. The van der Waals surface area contributed by atoms with Crippen molar-refractivity contribution in [3.8, 4) is 23.0 Å². The van der Waals surface area contributed by atoms with Crippen molar-refractivity contribution in [1.82, 2.24) is 15.5 Å². The molecule has 2 aliphatic rings. The fourth-order valence-corrected chi connectivity index (χ4v) is 5.43. The van der Waals surface area contributed by atoms with Crippen LogP contribution in [0.5, 0.6) is 23.0 Å². The summed E-state index contributed by atoms with van der Waals surface area (Å²) in [4.78, 5) is 2.43. The molecular formula is C31H33N3O4S. The third kappa shape index (κ3) is 5.72. The third-order valence-corrected chi connectivity index (χ3v) is 7.28. The Balaban J connectivity index is 1.65. The molecule has 39 heavy (non-hydrogen) atoms. The van der Waals surface area contributed by atoms with Gasteiger partial charge in [-0.2, -0.15) is 0 Å². The number of methoxy groups -OCH3 is 4. The molecule has 0 bridgehead atoms. The highest BCUT2D eigenvalue weighted by molar-refractivity contribution is 7.80. The molecule has 5 rings (SSSR count). The molecule has 0 saturated carbocycles. The lowest BCUT2D eigenvalue weighted by atomic mass is 9.88. The summed E-state index contributed by atoms with van der Waals surface area (Å²) in [5, 5.41) is 7.52. The lowest BCUT2D eigenvalue weighted by Crippen LogP contribution is -2.49. The summed E-state index contributed by atoms with van der Waals surface area (Å²) in [5.74, 6) is 3.06. The fraction of sp³-hybridized carbons (Fsp3) is 0.258. The first-order chi connectivity index (χ1) is 19.0. The van der Waals surface area contributed by atoms with Gasteiger partial charge >= 0.3 is 0 Å². The van der Waals surface area contributed by atoms with Gasteiger partial charge in [0.15, 0.2) is 5.11 Å². The molecule has 0 aromatic heterocycles. The first-order valence-corrected chi connectivity index (χ1v) is 13.2. The van der Waals surface area contributed by atoms with Crippen molar-refractivity contribution in [2.24, 2.45) is 0 Å². The molecule has 0 radical (unpaired) electrons. The SMILES string of the molecule is COc1ccc(OC)c(/C=C2\CN(Cc3ccccc3)CC3=C2NC(=S)NC3c2cc(OC)ccc2OC)c1. The molecule has 2 aliphatic heterocycles. The molecule has 1 unspecified atom stereocenters. The number of benzene rings is 3. The Kier molecular flexibility index (Phi) is 8.05. The van der Waals surface area contributed by atoms with Gasteiger partial charge in [0.2, 0.25) is 0 Å². The Morgan fingerprint density at radius 1 is 0.846 bits per heavy atom. The second-order valence-corrected chi connectivity index (χ2v) is 9.86. The number of nitrogens with one attached hydrogen (secondary N) is 2.